The quantitative estimate of drug-likeness (QED) is 0.246. The number of phenolic OH excluding ortho intramolecular Hbond substituents is 2. The molecule has 220 valence electrons. The third-order valence-electron chi connectivity index (χ3n) is 6.00. The molecular weight excluding hydrogens is 546 g/mol. The molecule has 0 saturated carbocycles. The van der Waals surface area contributed by atoms with Gasteiger partial charge in [0.1, 0.15) is 39.9 Å². The minimum Gasteiger partial charge on any atom is -0.508 e. The van der Waals surface area contributed by atoms with Crippen LogP contribution in [0.1, 0.15) is 26.3 Å². The molecule has 11 heteroatoms. The lowest BCUT2D eigenvalue weighted by Crippen LogP contribution is -2.46. The second-order valence-electron chi connectivity index (χ2n) is 10.3. The van der Waals surface area contributed by atoms with Crippen LogP contribution in [0.3, 0.4) is 0 Å². The smallest absolute Gasteiger partial charge is 0.413 e. The first-order chi connectivity index (χ1) is 19.9. The zero-order valence-electron chi connectivity index (χ0n) is 23.7. The summed E-state index contributed by atoms with van der Waals surface area (Å²) in [6.45, 7) is 5.18. The molecule has 3 N–H and O–H groups in total. The highest BCUT2D eigenvalue weighted by Crippen LogP contribution is 2.42. The Bertz CT molecular complexity index is 1650. The second-order valence-corrected chi connectivity index (χ2v) is 10.3. The fraction of sp³-hybridized carbons (Fsp3) is 0.258. The zero-order valence-corrected chi connectivity index (χ0v) is 23.7. The Morgan fingerprint density at radius 2 is 1.60 bits per heavy atom. The molecule has 1 aromatic heterocycles. The maximum atomic E-state index is 13.1. The third-order valence-corrected chi connectivity index (χ3v) is 6.00. The molecule has 42 heavy (non-hydrogen) atoms. The summed E-state index contributed by atoms with van der Waals surface area (Å²) in [4.78, 5) is 38.7. The van der Waals surface area contributed by atoms with Gasteiger partial charge in [-0.25, -0.2) is 9.59 Å². The minimum atomic E-state index is -1.06. The Hall–Kier alpha value is -5.19. The number of phenols is 2. The molecule has 4 aromatic rings. The molecule has 0 fully saturated rings. The van der Waals surface area contributed by atoms with Gasteiger partial charge >= 0.3 is 12.1 Å². The number of esters is 1. The van der Waals surface area contributed by atoms with Crippen molar-refractivity contribution in [2.24, 2.45) is 0 Å². The van der Waals surface area contributed by atoms with E-state index in [1.807, 2.05) is 30.3 Å². The van der Waals surface area contributed by atoms with Crippen LogP contribution < -0.4 is 25.0 Å². The Morgan fingerprint density at radius 1 is 0.952 bits per heavy atom. The maximum absolute atomic E-state index is 13.1. The fourth-order valence-corrected chi connectivity index (χ4v) is 4.20. The van der Waals surface area contributed by atoms with E-state index in [0.717, 1.165) is 17.7 Å². The van der Waals surface area contributed by atoms with Gasteiger partial charge in [0.15, 0.2) is 16.9 Å². The number of carbonyl (C=O) groups excluding carboxylic acids is 2. The fourth-order valence-electron chi connectivity index (χ4n) is 4.20. The summed E-state index contributed by atoms with van der Waals surface area (Å²) in [5.41, 5.74) is -0.261. The van der Waals surface area contributed by atoms with Gasteiger partial charge in [-0.15, -0.1) is 0 Å². The second kappa shape index (κ2) is 12.1. The number of aromatic hydroxyl groups is 2. The van der Waals surface area contributed by atoms with Crippen LogP contribution in [0.4, 0.5) is 4.79 Å². The number of nitrogens with one attached hydrogen (secondary N) is 1. The lowest BCUT2D eigenvalue weighted by Gasteiger charge is -2.24. The summed E-state index contributed by atoms with van der Waals surface area (Å²) >= 11 is 0. The highest BCUT2D eigenvalue weighted by atomic mass is 16.6. The average Bonchev–Trinajstić information content (AvgIpc) is 2.91. The normalized spacial score (nSPS) is 11.9. The van der Waals surface area contributed by atoms with Gasteiger partial charge in [0.2, 0.25) is 5.75 Å². The van der Waals surface area contributed by atoms with E-state index in [4.69, 9.17) is 23.4 Å². The van der Waals surface area contributed by atoms with Crippen LogP contribution >= 0.6 is 0 Å². The summed E-state index contributed by atoms with van der Waals surface area (Å²) in [6.07, 6.45) is -0.807. The van der Waals surface area contributed by atoms with Crippen molar-refractivity contribution in [2.45, 2.75) is 38.8 Å². The van der Waals surface area contributed by atoms with Gasteiger partial charge in [-0.05, 0) is 38.5 Å². The molecule has 1 heterocycles. The van der Waals surface area contributed by atoms with Gasteiger partial charge in [0.25, 0.3) is 0 Å². The monoisotopic (exact) mass is 577 g/mol. The molecule has 0 aliphatic rings. The van der Waals surface area contributed by atoms with Gasteiger partial charge in [-0.1, -0.05) is 30.3 Å². The number of rotatable bonds is 8. The SMILES string of the molecule is COc1cc(-c2cc(=O)c3c(O)cc(O)cc3o2)cc(OC)c1OC(=O)N[C@@H](Cc1ccccc1)C(=O)OC(C)(C)C. The van der Waals surface area contributed by atoms with Crippen LogP contribution in [0, 0.1) is 0 Å². The molecule has 0 aliphatic heterocycles. The molecule has 0 unspecified atom stereocenters. The predicted octanol–water partition coefficient (Wildman–Crippen LogP) is 4.93. The molecule has 0 radical (unpaired) electrons. The van der Waals surface area contributed by atoms with E-state index in [-0.39, 0.29) is 46.1 Å². The first kappa shape index (κ1) is 29.8. The molecule has 11 nitrogen and oxygen atoms in total. The summed E-state index contributed by atoms with van der Waals surface area (Å²) in [7, 11) is 2.68. The summed E-state index contributed by atoms with van der Waals surface area (Å²) in [6, 6.07) is 14.4. The van der Waals surface area contributed by atoms with Crippen molar-refractivity contribution in [3.05, 3.63) is 76.5 Å². The Labute approximate surface area is 241 Å². The maximum Gasteiger partial charge on any atom is 0.413 e. The standard InChI is InChI=1S/C31H31NO10/c1-31(2,3)42-29(36)20(11-17-9-7-6-8-10-17)32-30(37)41-28-25(38-4)12-18(13-26(28)39-5)23-16-22(35)27-21(34)14-19(33)15-24(27)40-23/h6-10,12-16,20,33-34H,11H2,1-5H3,(H,32,37)/t20-/m0/s1. The van der Waals surface area contributed by atoms with Gasteiger partial charge in [-0.2, -0.15) is 0 Å². The van der Waals surface area contributed by atoms with Crippen LogP contribution in [0.15, 0.2) is 69.9 Å². The largest absolute Gasteiger partial charge is 0.508 e. The van der Waals surface area contributed by atoms with Gasteiger partial charge in [-0.3, -0.25) is 4.79 Å². The number of hydrogen-bond acceptors (Lipinski definition) is 10. The van der Waals surface area contributed by atoms with Crippen molar-refractivity contribution in [3.8, 4) is 40.1 Å². The highest BCUT2D eigenvalue weighted by molar-refractivity contribution is 5.87. The van der Waals surface area contributed by atoms with Crippen molar-refractivity contribution in [2.75, 3.05) is 14.2 Å². The van der Waals surface area contributed by atoms with Crippen LogP contribution in [-0.4, -0.2) is 48.1 Å². The van der Waals surface area contributed by atoms with Crippen molar-refractivity contribution < 1.29 is 43.2 Å². The summed E-state index contributed by atoms with van der Waals surface area (Å²) in [5.74, 6) is -1.27. The van der Waals surface area contributed by atoms with Crippen molar-refractivity contribution in [3.63, 3.8) is 0 Å². The molecule has 0 spiro atoms. The zero-order chi connectivity index (χ0) is 30.6. The Kier molecular flexibility index (Phi) is 8.60. The Balaban J connectivity index is 1.65. The van der Waals surface area contributed by atoms with Crippen LogP contribution in [0.25, 0.3) is 22.3 Å². The number of carbonyl (C=O) groups is 2. The van der Waals surface area contributed by atoms with E-state index in [1.165, 1.54) is 32.4 Å². The molecule has 0 saturated heterocycles. The molecule has 3 aromatic carbocycles. The minimum absolute atomic E-state index is 0.0424. The molecule has 4 rings (SSSR count). The van der Waals surface area contributed by atoms with Crippen LogP contribution in [-0.2, 0) is 16.0 Å². The van der Waals surface area contributed by atoms with E-state index in [0.29, 0.717) is 5.56 Å². The number of amides is 1. The number of benzene rings is 3. The molecule has 1 atom stereocenters. The van der Waals surface area contributed by atoms with E-state index in [1.54, 1.807) is 20.8 Å². The molecule has 1 amide bonds. The summed E-state index contributed by atoms with van der Waals surface area (Å²) in [5, 5.41) is 22.4. The van der Waals surface area contributed by atoms with Gasteiger partial charge < -0.3 is 38.9 Å². The number of methoxy groups -OCH3 is 2. The van der Waals surface area contributed by atoms with Gasteiger partial charge in [0, 0.05) is 30.2 Å². The van der Waals surface area contributed by atoms with E-state index < -0.39 is 34.9 Å². The highest BCUT2D eigenvalue weighted by Gasteiger charge is 2.29. The molecule has 0 bridgehead atoms. The summed E-state index contributed by atoms with van der Waals surface area (Å²) < 4.78 is 27.7. The predicted molar refractivity (Wildman–Crippen MR) is 153 cm³/mol. The number of fused-ring (bicyclic) bond motifs is 1. The van der Waals surface area contributed by atoms with E-state index >= 15 is 0 Å². The van der Waals surface area contributed by atoms with Crippen molar-refractivity contribution in [1.29, 1.82) is 0 Å². The molecule has 0 aliphatic carbocycles. The number of ether oxygens (including phenoxy) is 4. The first-order valence-corrected chi connectivity index (χ1v) is 12.9. The molecular formula is C31H31NO10. The number of hydrogen-bond donors (Lipinski definition) is 3. The van der Waals surface area contributed by atoms with Gasteiger partial charge in [0.05, 0.1) is 14.2 Å². The Morgan fingerprint density at radius 3 is 2.19 bits per heavy atom. The lowest BCUT2D eigenvalue weighted by atomic mass is 10.1. The lowest BCUT2D eigenvalue weighted by molar-refractivity contribution is -0.157. The van der Waals surface area contributed by atoms with Crippen molar-refractivity contribution >= 4 is 23.0 Å². The van der Waals surface area contributed by atoms with E-state index in [2.05, 4.69) is 5.32 Å². The van der Waals surface area contributed by atoms with Crippen LogP contribution in [0.5, 0.6) is 28.7 Å². The van der Waals surface area contributed by atoms with Crippen LogP contribution in [0.2, 0.25) is 0 Å². The average molecular weight is 578 g/mol. The van der Waals surface area contributed by atoms with Crippen molar-refractivity contribution in [1.82, 2.24) is 5.32 Å². The van der Waals surface area contributed by atoms with E-state index in [9.17, 15) is 24.6 Å². The first-order valence-electron chi connectivity index (χ1n) is 12.9. The third kappa shape index (κ3) is 6.92. The topological polar surface area (TPSA) is 154 Å².